The number of aromatic nitrogens is 2. The summed E-state index contributed by atoms with van der Waals surface area (Å²) in [5, 5.41) is 0. The monoisotopic (exact) mass is 316 g/mol. The van der Waals surface area contributed by atoms with Gasteiger partial charge in [0.25, 0.3) is 0 Å². The van der Waals surface area contributed by atoms with E-state index >= 15 is 0 Å². The number of benzene rings is 1. The van der Waals surface area contributed by atoms with Crippen LogP contribution in [0.2, 0.25) is 0 Å². The Labute approximate surface area is 122 Å². The second-order valence-corrected chi connectivity index (χ2v) is 5.91. The standard InChI is InChI=1S/C16H17BrN2/c1-2-16-18-14(10-15(17)19-16)13-8-4-7-12(9-13)11-5-3-6-11/h4,7-11H,2-3,5-6H2,1H3. The van der Waals surface area contributed by atoms with E-state index in [1.807, 2.05) is 6.07 Å². The van der Waals surface area contributed by atoms with Gasteiger partial charge in [0.1, 0.15) is 10.4 Å². The van der Waals surface area contributed by atoms with Crippen LogP contribution >= 0.6 is 15.9 Å². The molecule has 3 rings (SSSR count). The second kappa shape index (κ2) is 5.41. The van der Waals surface area contributed by atoms with Crippen molar-refractivity contribution in [2.45, 2.75) is 38.5 Å². The summed E-state index contributed by atoms with van der Waals surface area (Å²) >= 11 is 3.47. The number of hydrogen-bond donors (Lipinski definition) is 0. The van der Waals surface area contributed by atoms with Crippen molar-refractivity contribution >= 4 is 15.9 Å². The van der Waals surface area contributed by atoms with E-state index in [-0.39, 0.29) is 0 Å². The van der Waals surface area contributed by atoms with E-state index in [0.29, 0.717) is 0 Å². The van der Waals surface area contributed by atoms with Crippen LogP contribution in [0, 0.1) is 0 Å². The average molecular weight is 317 g/mol. The lowest BCUT2D eigenvalue weighted by Gasteiger charge is -2.26. The number of nitrogens with zero attached hydrogens (tertiary/aromatic N) is 2. The summed E-state index contributed by atoms with van der Waals surface area (Å²) in [6.07, 6.45) is 4.89. The van der Waals surface area contributed by atoms with Gasteiger partial charge in [-0.25, -0.2) is 9.97 Å². The minimum atomic E-state index is 0.760. The summed E-state index contributed by atoms with van der Waals surface area (Å²) < 4.78 is 0.864. The third kappa shape index (κ3) is 2.71. The summed E-state index contributed by atoms with van der Waals surface area (Å²) in [6, 6.07) is 10.8. The molecule has 0 aliphatic heterocycles. The third-order valence-corrected chi connectivity index (χ3v) is 4.22. The van der Waals surface area contributed by atoms with Crippen LogP contribution in [0.5, 0.6) is 0 Å². The lowest BCUT2D eigenvalue weighted by atomic mass is 9.79. The first kappa shape index (κ1) is 12.8. The third-order valence-electron chi connectivity index (χ3n) is 3.82. The highest BCUT2D eigenvalue weighted by Crippen LogP contribution is 2.37. The van der Waals surface area contributed by atoms with Gasteiger partial charge in [-0.05, 0) is 52.4 Å². The quantitative estimate of drug-likeness (QED) is 0.764. The van der Waals surface area contributed by atoms with Crippen LogP contribution in [-0.2, 0) is 6.42 Å². The largest absolute Gasteiger partial charge is 0.233 e. The summed E-state index contributed by atoms with van der Waals surface area (Å²) in [5.41, 5.74) is 3.67. The van der Waals surface area contributed by atoms with Crippen molar-refractivity contribution in [2.24, 2.45) is 0 Å². The van der Waals surface area contributed by atoms with Crippen LogP contribution in [0.4, 0.5) is 0 Å². The van der Waals surface area contributed by atoms with Gasteiger partial charge >= 0.3 is 0 Å². The molecule has 1 aliphatic carbocycles. The molecule has 1 fully saturated rings. The van der Waals surface area contributed by atoms with Crippen molar-refractivity contribution in [3.8, 4) is 11.3 Å². The molecule has 0 amide bonds. The van der Waals surface area contributed by atoms with Crippen LogP contribution in [0.3, 0.4) is 0 Å². The van der Waals surface area contributed by atoms with Gasteiger partial charge in [0.05, 0.1) is 5.69 Å². The first-order valence-corrected chi connectivity index (χ1v) is 7.69. The van der Waals surface area contributed by atoms with Crippen molar-refractivity contribution in [1.29, 1.82) is 0 Å². The Morgan fingerprint density at radius 1 is 1.21 bits per heavy atom. The maximum atomic E-state index is 4.63. The molecule has 1 saturated carbocycles. The van der Waals surface area contributed by atoms with Crippen LogP contribution in [0.25, 0.3) is 11.3 Å². The predicted molar refractivity (Wildman–Crippen MR) is 81.1 cm³/mol. The zero-order chi connectivity index (χ0) is 13.2. The smallest absolute Gasteiger partial charge is 0.130 e. The summed E-state index contributed by atoms with van der Waals surface area (Å²) in [5.74, 6) is 1.65. The number of rotatable bonds is 3. The highest BCUT2D eigenvalue weighted by atomic mass is 79.9. The highest BCUT2D eigenvalue weighted by Gasteiger charge is 2.19. The van der Waals surface area contributed by atoms with Gasteiger partial charge in [-0.15, -0.1) is 0 Å². The lowest BCUT2D eigenvalue weighted by molar-refractivity contribution is 0.420. The average Bonchev–Trinajstić information content (AvgIpc) is 2.36. The molecule has 0 saturated heterocycles. The van der Waals surface area contributed by atoms with Gasteiger partial charge in [-0.3, -0.25) is 0 Å². The number of hydrogen-bond acceptors (Lipinski definition) is 2. The van der Waals surface area contributed by atoms with E-state index in [1.165, 1.54) is 30.4 Å². The van der Waals surface area contributed by atoms with Gasteiger partial charge in [-0.1, -0.05) is 31.5 Å². The maximum absolute atomic E-state index is 4.63. The SMILES string of the molecule is CCc1nc(Br)cc(-c2cccc(C3CCC3)c2)n1. The zero-order valence-electron chi connectivity index (χ0n) is 11.1. The summed E-state index contributed by atoms with van der Waals surface area (Å²) in [4.78, 5) is 8.99. The Bertz CT molecular complexity index is 591. The molecule has 0 unspecified atom stereocenters. The topological polar surface area (TPSA) is 25.8 Å². The Morgan fingerprint density at radius 3 is 2.74 bits per heavy atom. The molecule has 98 valence electrons. The Morgan fingerprint density at radius 2 is 2.05 bits per heavy atom. The predicted octanol–water partition coefficient (Wildman–Crippen LogP) is 4.74. The van der Waals surface area contributed by atoms with Crippen molar-refractivity contribution in [3.05, 3.63) is 46.3 Å². The molecule has 0 radical (unpaired) electrons. The molecule has 0 bridgehead atoms. The zero-order valence-corrected chi connectivity index (χ0v) is 12.7. The van der Waals surface area contributed by atoms with E-state index in [1.54, 1.807) is 0 Å². The fourth-order valence-electron chi connectivity index (χ4n) is 2.46. The van der Waals surface area contributed by atoms with Crippen molar-refractivity contribution in [3.63, 3.8) is 0 Å². The van der Waals surface area contributed by atoms with Crippen molar-refractivity contribution < 1.29 is 0 Å². The van der Waals surface area contributed by atoms with Gasteiger partial charge in [-0.2, -0.15) is 0 Å². The molecule has 0 N–H and O–H groups in total. The molecule has 1 aliphatic rings. The van der Waals surface area contributed by atoms with Gasteiger partial charge < -0.3 is 0 Å². The molecular weight excluding hydrogens is 300 g/mol. The minimum absolute atomic E-state index is 0.760. The van der Waals surface area contributed by atoms with Gasteiger partial charge in [0, 0.05) is 12.0 Å². The minimum Gasteiger partial charge on any atom is -0.233 e. The van der Waals surface area contributed by atoms with E-state index in [9.17, 15) is 0 Å². The summed E-state index contributed by atoms with van der Waals surface area (Å²) in [6.45, 7) is 2.08. The van der Waals surface area contributed by atoms with Gasteiger partial charge in [0.15, 0.2) is 0 Å². The Kier molecular flexibility index (Phi) is 3.65. The number of halogens is 1. The van der Waals surface area contributed by atoms with E-state index < -0.39 is 0 Å². The molecule has 1 heterocycles. The fraction of sp³-hybridized carbons (Fsp3) is 0.375. The maximum Gasteiger partial charge on any atom is 0.130 e. The molecule has 3 heteroatoms. The molecule has 2 aromatic rings. The molecule has 0 spiro atoms. The van der Waals surface area contributed by atoms with E-state index in [2.05, 4.69) is 57.1 Å². The second-order valence-electron chi connectivity index (χ2n) is 5.10. The molecule has 1 aromatic carbocycles. The number of aryl methyl sites for hydroxylation is 1. The van der Waals surface area contributed by atoms with Crippen molar-refractivity contribution in [1.82, 2.24) is 9.97 Å². The molecule has 2 nitrogen and oxygen atoms in total. The van der Waals surface area contributed by atoms with Crippen LogP contribution < -0.4 is 0 Å². The lowest BCUT2D eigenvalue weighted by Crippen LogP contribution is -2.08. The van der Waals surface area contributed by atoms with Gasteiger partial charge in [0.2, 0.25) is 0 Å². The van der Waals surface area contributed by atoms with Crippen LogP contribution in [0.1, 0.15) is 43.5 Å². The van der Waals surface area contributed by atoms with E-state index in [4.69, 9.17) is 0 Å². The van der Waals surface area contributed by atoms with Crippen LogP contribution in [0.15, 0.2) is 34.9 Å². The van der Waals surface area contributed by atoms with Crippen molar-refractivity contribution in [2.75, 3.05) is 0 Å². The first-order valence-electron chi connectivity index (χ1n) is 6.90. The highest BCUT2D eigenvalue weighted by molar-refractivity contribution is 9.10. The molecule has 19 heavy (non-hydrogen) atoms. The first-order chi connectivity index (χ1) is 9.26. The fourth-order valence-corrected chi connectivity index (χ4v) is 2.89. The molecule has 0 atom stereocenters. The van der Waals surface area contributed by atoms with E-state index in [0.717, 1.165) is 28.5 Å². The normalized spacial score (nSPS) is 15.3. The Balaban J connectivity index is 1.98. The summed E-state index contributed by atoms with van der Waals surface area (Å²) in [7, 11) is 0. The Hall–Kier alpha value is -1.22. The molecule has 1 aromatic heterocycles. The van der Waals surface area contributed by atoms with Crippen LogP contribution in [-0.4, -0.2) is 9.97 Å². The molecular formula is C16H17BrN2.